The van der Waals surface area contributed by atoms with Crippen LogP contribution >= 0.6 is 0 Å². The average molecular weight is 256 g/mol. The molecule has 98 valence electrons. The van der Waals surface area contributed by atoms with Crippen LogP contribution in [0.3, 0.4) is 0 Å². The van der Waals surface area contributed by atoms with E-state index in [4.69, 9.17) is 0 Å². The molecule has 1 aromatic rings. The topological polar surface area (TPSA) is 116 Å². The molecule has 0 bridgehead atoms. The molecule has 1 aromatic heterocycles. The highest BCUT2D eigenvalue weighted by Gasteiger charge is 2.10. The molecule has 9 nitrogen and oxygen atoms in total. The number of amides is 1. The molecule has 0 spiro atoms. The van der Waals surface area contributed by atoms with E-state index in [1.807, 2.05) is 0 Å². The highest BCUT2D eigenvalue weighted by Crippen LogP contribution is 2.07. The van der Waals surface area contributed by atoms with E-state index < -0.39 is 10.9 Å². The van der Waals surface area contributed by atoms with Crippen molar-refractivity contribution in [3.05, 3.63) is 22.5 Å². The minimum Gasteiger partial charge on any atom is -0.468 e. The Labute approximate surface area is 102 Å². The van der Waals surface area contributed by atoms with Crippen LogP contribution in [0, 0.1) is 10.1 Å². The lowest BCUT2D eigenvalue weighted by Crippen LogP contribution is -2.30. The molecule has 0 atom stereocenters. The largest absolute Gasteiger partial charge is 0.468 e. The minimum atomic E-state index is -0.569. The number of nitrogens with one attached hydrogen (secondary N) is 1. The van der Waals surface area contributed by atoms with Crippen molar-refractivity contribution in [1.82, 2.24) is 15.1 Å². The lowest BCUT2D eigenvalue weighted by Gasteiger charge is -2.03. The zero-order valence-corrected chi connectivity index (χ0v) is 9.66. The number of carbonyl (C=O) groups is 2. The highest BCUT2D eigenvalue weighted by atomic mass is 16.6. The lowest BCUT2D eigenvalue weighted by molar-refractivity contribution is -0.385. The fourth-order valence-electron chi connectivity index (χ4n) is 1.12. The predicted molar refractivity (Wildman–Crippen MR) is 58.5 cm³/mol. The molecular weight excluding hydrogens is 244 g/mol. The first kappa shape index (κ1) is 13.6. The molecule has 1 heterocycles. The van der Waals surface area contributed by atoms with E-state index in [9.17, 15) is 19.7 Å². The van der Waals surface area contributed by atoms with Crippen molar-refractivity contribution in [1.29, 1.82) is 0 Å². The van der Waals surface area contributed by atoms with Crippen molar-refractivity contribution in [3.63, 3.8) is 0 Å². The van der Waals surface area contributed by atoms with Gasteiger partial charge in [-0.3, -0.25) is 24.4 Å². The van der Waals surface area contributed by atoms with Gasteiger partial charge in [0.1, 0.15) is 18.9 Å². The summed E-state index contributed by atoms with van der Waals surface area (Å²) in [7, 11) is 1.22. The fraction of sp³-hybridized carbons (Fsp3) is 0.444. The Morgan fingerprint density at radius 2 is 2.33 bits per heavy atom. The molecule has 0 fully saturated rings. The van der Waals surface area contributed by atoms with Gasteiger partial charge in [-0.15, -0.1) is 0 Å². The van der Waals surface area contributed by atoms with Gasteiger partial charge in [0, 0.05) is 13.0 Å². The molecular formula is C9H12N4O5. The van der Waals surface area contributed by atoms with Crippen molar-refractivity contribution < 1.29 is 19.2 Å². The van der Waals surface area contributed by atoms with Gasteiger partial charge in [-0.05, 0) is 0 Å². The number of hydrogen-bond donors (Lipinski definition) is 1. The van der Waals surface area contributed by atoms with Crippen molar-refractivity contribution in [2.24, 2.45) is 0 Å². The molecule has 1 N–H and O–H groups in total. The third-order valence-corrected chi connectivity index (χ3v) is 2.06. The molecule has 18 heavy (non-hydrogen) atoms. The Morgan fingerprint density at radius 3 is 2.89 bits per heavy atom. The first-order valence-electron chi connectivity index (χ1n) is 5.03. The number of nitro groups is 1. The van der Waals surface area contributed by atoms with Gasteiger partial charge >= 0.3 is 11.7 Å². The molecule has 0 radical (unpaired) electrons. The number of nitrogens with zero attached hydrogens (tertiary/aromatic N) is 3. The van der Waals surface area contributed by atoms with E-state index in [1.165, 1.54) is 18.0 Å². The van der Waals surface area contributed by atoms with E-state index in [0.717, 1.165) is 6.20 Å². The van der Waals surface area contributed by atoms with Crippen LogP contribution < -0.4 is 5.32 Å². The van der Waals surface area contributed by atoms with Crippen LogP contribution in [0.2, 0.25) is 0 Å². The molecule has 1 amide bonds. The maximum Gasteiger partial charge on any atom is 0.325 e. The SMILES string of the molecule is COC(=O)CNC(=O)CCn1cc([N+](=O)[O-])cn1. The molecule has 0 aliphatic rings. The number of hydrogen-bond acceptors (Lipinski definition) is 6. The molecule has 0 aliphatic carbocycles. The van der Waals surface area contributed by atoms with Crippen molar-refractivity contribution >= 4 is 17.6 Å². The Morgan fingerprint density at radius 1 is 1.61 bits per heavy atom. The van der Waals surface area contributed by atoms with Crippen LogP contribution in [-0.2, 0) is 20.9 Å². The van der Waals surface area contributed by atoms with Crippen LogP contribution in [0.4, 0.5) is 5.69 Å². The smallest absolute Gasteiger partial charge is 0.325 e. The van der Waals surface area contributed by atoms with Gasteiger partial charge in [-0.25, -0.2) is 0 Å². The normalized spacial score (nSPS) is 9.83. The summed E-state index contributed by atoms with van der Waals surface area (Å²) in [5.41, 5.74) is -0.134. The lowest BCUT2D eigenvalue weighted by atomic mass is 10.4. The van der Waals surface area contributed by atoms with E-state index in [1.54, 1.807) is 0 Å². The van der Waals surface area contributed by atoms with Crippen LogP contribution in [0.5, 0.6) is 0 Å². The first-order chi connectivity index (χ1) is 8.52. The standard InChI is InChI=1S/C9H12N4O5/c1-18-9(15)5-10-8(14)2-3-12-6-7(4-11-12)13(16)17/h4,6H,2-3,5H2,1H3,(H,10,14). The third kappa shape index (κ3) is 4.20. The minimum absolute atomic E-state index is 0.0653. The summed E-state index contributed by atoms with van der Waals surface area (Å²) < 4.78 is 5.63. The zero-order valence-electron chi connectivity index (χ0n) is 9.66. The van der Waals surface area contributed by atoms with Gasteiger partial charge in [0.2, 0.25) is 5.91 Å². The Kier molecular flexibility index (Phi) is 4.78. The third-order valence-electron chi connectivity index (χ3n) is 2.06. The van der Waals surface area contributed by atoms with Gasteiger partial charge in [-0.2, -0.15) is 5.10 Å². The van der Waals surface area contributed by atoms with Gasteiger partial charge in [0.25, 0.3) is 0 Å². The molecule has 0 unspecified atom stereocenters. The molecule has 0 aromatic carbocycles. The second-order valence-electron chi connectivity index (χ2n) is 3.32. The van der Waals surface area contributed by atoms with Crippen LogP contribution in [0.25, 0.3) is 0 Å². The number of methoxy groups -OCH3 is 1. The number of esters is 1. The molecule has 9 heteroatoms. The van der Waals surface area contributed by atoms with Crippen LogP contribution in [0.1, 0.15) is 6.42 Å². The van der Waals surface area contributed by atoms with E-state index >= 15 is 0 Å². The maximum atomic E-state index is 11.3. The summed E-state index contributed by atoms with van der Waals surface area (Å²) in [5.74, 6) is -0.906. The Hall–Kier alpha value is -2.45. The van der Waals surface area contributed by atoms with Gasteiger partial charge in [0.15, 0.2) is 0 Å². The quantitative estimate of drug-likeness (QED) is 0.415. The van der Waals surface area contributed by atoms with Gasteiger partial charge in [-0.1, -0.05) is 0 Å². The van der Waals surface area contributed by atoms with Crippen LogP contribution in [-0.4, -0.2) is 40.2 Å². The Bertz CT molecular complexity index is 456. The maximum absolute atomic E-state index is 11.3. The number of aryl methyl sites for hydroxylation is 1. The average Bonchev–Trinajstić information content (AvgIpc) is 2.82. The molecule has 0 saturated heterocycles. The van der Waals surface area contributed by atoms with Crippen molar-refractivity contribution in [3.8, 4) is 0 Å². The summed E-state index contributed by atoms with van der Waals surface area (Å²) in [6, 6.07) is 0. The number of carbonyl (C=O) groups excluding carboxylic acids is 2. The summed E-state index contributed by atoms with van der Waals surface area (Å²) in [6.07, 6.45) is 2.40. The van der Waals surface area contributed by atoms with Crippen molar-refractivity contribution in [2.75, 3.05) is 13.7 Å². The number of aromatic nitrogens is 2. The van der Waals surface area contributed by atoms with Crippen LogP contribution in [0.15, 0.2) is 12.4 Å². The van der Waals surface area contributed by atoms with Gasteiger partial charge in [0.05, 0.1) is 12.0 Å². The summed E-state index contributed by atoms with van der Waals surface area (Å²) in [6.45, 7) is -0.00453. The highest BCUT2D eigenvalue weighted by molar-refractivity contribution is 5.81. The molecule has 0 saturated carbocycles. The summed E-state index contributed by atoms with van der Waals surface area (Å²) in [5, 5.41) is 16.5. The summed E-state index contributed by atoms with van der Waals surface area (Å²) in [4.78, 5) is 31.8. The predicted octanol–water partition coefficient (Wildman–Crippen LogP) is -0.529. The second kappa shape index (κ2) is 6.33. The molecule has 0 aliphatic heterocycles. The Balaban J connectivity index is 2.33. The van der Waals surface area contributed by atoms with Gasteiger partial charge < -0.3 is 10.1 Å². The number of ether oxygens (including phenoxy) is 1. The van der Waals surface area contributed by atoms with E-state index in [-0.39, 0.29) is 31.1 Å². The first-order valence-corrected chi connectivity index (χ1v) is 5.03. The monoisotopic (exact) mass is 256 g/mol. The second-order valence-corrected chi connectivity index (χ2v) is 3.32. The summed E-state index contributed by atoms with van der Waals surface area (Å²) >= 11 is 0. The van der Waals surface area contributed by atoms with Crippen molar-refractivity contribution in [2.45, 2.75) is 13.0 Å². The van der Waals surface area contributed by atoms with E-state index in [2.05, 4.69) is 15.2 Å². The van der Waals surface area contributed by atoms with E-state index in [0.29, 0.717) is 0 Å². The fourth-order valence-corrected chi connectivity index (χ4v) is 1.12. The number of rotatable bonds is 6. The molecule has 1 rings (SSSR count). The zero-order chi connectivity index (χ0) is 13.5.